The van der Waals surface area contributed by atoms with Crippen molar-refractivity contribution < 1.29 is 40.9 Å². The monoisotopic (exact) mass is 531 g/mol. The molecule has 0 aromatic carbocycles. The quantitative estimate of drug-likeness (QED) is 0.215. The maximum atomic E-state index is 11.7. The second-order valence-corrected chi connectivity index (χ2v) is 6.72. The molecule has 11 heteroatoms. The van der Waals surface area contributed by atoms with E-state index in [1.165, 1.54) is 0 Å². The third kappa shape index (κ3) is 10.9. The predicted octanol–water partition coefficient (Wildman–Crippen LogP) is 0.00559. The Morgan fingerprint density at radius 3 is 2.21 bits per heavy atom. The zero-order valence-electron chi connectivity index (χ0n) is 17.2. The number of nitrogens with one attached hydrogen (secondary N) is 2. The number of nitrogens with zero attached hydrogens (tertiary/aromatic N) is 2. The molecule has 8 nitrogen and oxygen atoms in total. The zero-order valence-corrected chi connectivity index (χ0v) is 21.1. The van der Waals surface area contributed by atoms with E-state index < -0.39 is 0 Å². The van der Waals surface area contributed by atoms with E-state index >= 15 is 0 Å². The van der Waals surface area contributed by atoms with Crippen LogP contribution in [0.3, 0.4) is 0 Å². The summed E-state index contributed by atoms with van der Waals surface area (Å²) in [7, 11) is 5.37. The first-order valence-electron chi connectivity index (χ1n) is 9.21. The molecule has 2 N–H and O–H groups in total. The Morgan fingerprint density at radius 2 is 1.71 bits per heavy atom. The average molecular weight is 532 g/mol. The summed E-state index contributed by atoms with van der Waals surface area (Å²) in [6.45, 7) is 9.75. The Hall–Kier alpha value is 0.302. The number of esters is 2. The smallest absolute Gasteiger partial charge is 0.324 e. The number of piperazine rings is 2. The molecular weight excluding hydrogens is 493 g/mol. The first kappa shape index (κ1) is 30.5. The number of ether oxygens (including phenoxy) is 2. The molecule has 2 fully saturated rings. The van der Waals surface area contributed by atoms with Crippen LogP contribution in [0.15, 0.2) is 0 Å². The van der Waals surface area contributed by atoms with Gasteiger partial charge in [-0.05, 0) is 13.8 Å². The van der Waals surface area contributed by atoms with E-state index in [-0.39, 0.29) is 53.3 Å². The van der Waals surface area contributed by atoms with Crippen molar-refractivity contribution in [2.24, 2.45) is 0 Å². The minimum Gasteiger partial charge on any atom is -0.465 e. The number of hydrogen-bond donors (Lipinski definition) is 2. The van der Waals surface area contributed by atoms with Gasteiger partial charge in [0.1, 0.15) is 12.1 Å². The number of carbonyl (C=O) groups excluding carboxylic acids is 2. The molecule has 4 atom stereocenters. The van der Waals surface area contributed by atoms with Crippen LogP contribution in [-0.4, -0.2) is 98.9 Å². The molecule has 0 spiro atoms. The van der Waals surface area contributed by atoms with Crippen molar-refractivity contribution >= 4 is 30.4 Å². The Morgan fingerprint density at radius 1 is 1.07 bits per heavy atom. The van der Waals surface area contributed by atoms with Gasteiger partial charge in [0.25, 0.3) is 0 Å². The minimum absolute atomic E-state index is 0. The van der Waals surface area contributed by atoms with E-state index in [9.17, 15) is 9.59 Å². The normalized spacial score (nSPS) is 22.6. The van der Waals surface area contributed by atoms with Gasteiger partial charge in [-0.2, -0.15) is 0 Å². The molecule has 0 aromatic rings. The maximum Gasteiger partial charge on any atom is 0.324 e. The van der Waals surface area contributed by atoms with Gasteiger partial charge < -0.3 is 27.5 Å². The average Bonchev–Trinajstić information content (AvgIpc) is 2.69. The molecule has 0 aliphatic carbocycles. The summed E-state index contributed by atoms with van der Waals surface area (Å²) in [5.74, 6) is -0.247. The van der Waals surface area contributed by atoms with Gasteiger partial charge in [0.15, 0.2) is 0 Å². The molecule has 0 bridgehead atoms. The molecule has 4 unspecified atom stereocenters. The van der Waals surface area contributed by atoms with Crippen molar-refractivity contribution in [1.29, 1.82) is 0 Å². The van der Waals surface area contributed by atoms with E-state index in [0.29, 0.717) is 19.8 Å². The molecule has 2 aliphatic heterocycles. The van der Waals surface area contributed by atoms with Gasteiger partial charge in [-0.25, -0.2) is 0 Å². The fourth-order valence-electron chi connectivity index (χ4n) is 2.79. The molecule has 172 valence electrons. The van der Waals surface area contributed by atoms with Crippen LogP contribution in [0.4, 0.5) is 0 Å². The molecule has 2 heterocycles. The topological polar surface area (TPSA) is 83.1 Å². The predicted molar refractivity (Wildman–Crippen MR) is 118 cm³/mol. The summed E-state index contributed by atoms with van der Waals surface area (Å²) in [5.41, 5.74) is 0. The Labute approximate surface area is 190 Å². The second kappa shape index (κ2) is 18.1. The third-order valence-electron chi connectivity index (χ3n) is 4.24. The van der Waals surface area contributed by atoms with Crippen molar-refractivity contribution in [2.45, 2.75) is 25.9 Å². The van der Waals surface area contributed by atoms with Gasteiger partial charge in [-0.3, -0.25) is 19.4 Å². The summed E-state index contributed by atoms with van der Waals surface area (Å²) in [5, 5.41) is 6.18. The van der Waals surface area contributed by atoms with Crippen molar-refractivity contribution in [3.63, 3.8) is 0 Å². The Balaban J connectivity index is -0.000000437. The van der Waals surface area contributed by atoms with Crippen LogP contribution in [0, 0.1) is 7.43 Å². The van der Waals surface area contributed by atoms with Crippen LogP contribution in [-0.2, 0) is 39.5 Å². The van der Waals surface area contributed by atoms with Gasteiger partial charge in [-0.15, -0.1) is 18.5 Å². The Kier molecular flexibility index (Phi) is 19.7. The van der Waals surface area contributed by atoms with Gasteiger partial charge in [0.05, 0.1) is 13.2 Å². The van der Waals surface area contributed by atoms with Crippen LogP contribution in [0.2, 0.25) is 0 Å². The van der Waals surface area contributed by atoms with Crippen LogP contribution < -0.4 is 10.6 Å². The standard InChI is InChI=1S/C9H20N2O2P2.C7H14N2O2.CH3.Pd.H2/c1-2-13-9(12)8-5-10(6-14)3-4-11(8)7-15;1-2-11-7(10)6-5-8-3-4-9-6;;;/h8H,2-7,14-15H2,1H3;6,8-9H,2-5H2,1H3;1H3;;1H/q;;-1;;. The van der Waals surface area contributed by atoms with Gasteiger partial charge in [-0.1, -0.05) is 0 Å². The SMILES string of the molecule is CCOC(=O)C1CN(CP)CCN1CP.CCOC(=O)C1CNCCN1.[CH3-].[HH].[Pd]. The minimum atomic E-state index is -0.153. The van der Waals surface area contributed by atoms with E-state index in [2.05, 4.69) is 38.9 Å². The largest absolute Gasteiger partial charge is 0.465 e. The van der Waals surface area contributed by atoms with Gasteiger partial charge in [0.2, 0.25) is 0 Å². The number of hydrogen-bond acceptors (Lipinski definition) is 8. The summed E-state index contributed by atoms with van der Waals surface area (Å²) in [6.07, 6.45) is 1.74. The first-order valence-corrected chi connectivity index (χ1v) is 10.8. The summed E-state index contributed by atoms with van der Waals surface area (Å²) in [4.78, 5) is 27.2. The fraction of sp³-hybridized carbons (Fsp3) is 0.824. The molecule has 28 heavy (non-hydrogen) atoms. The molecule has 2 saturated heterocycles. The zero-order chi connectivity index (χ0) is 19.4. The van der Waals surface area contributed by atoms with Crippen LogP contribution in [0.5, 0.6) is 0 Å². The number of rotatable bonds is 6. The van der Waals surface area contributed by atoms with Gasteiger partial charge >= 0.3 is 11.9 Å². The molecule has 0 aromatic heterocycles. The van der Waals surface area contributed by atoms with Crippen molar-refractivity contribution in [3.05, 3.63) is 7.43 Å². The molecule has 0 amide bonds. The molecule has 2 rings (SSSR count). The maximum absolute atomic E-state index is 11.7. The van der Waals surface area contributed by atoms with E-state index in [1.54, 1.807) is 0 Å². The van der Waals surface area contributed by atoms with Crippen molar-refractivity contribution in [3.8, 4) is 0 Å². The van der Waals surface area contributed by atoms with Crippen molar-refractivity contribution in [1.82, 2.24) is 20.4 Å². The first-order chi connectivity index (χ1) is 12.6. The van der Waals surface area contributed by atoms with E-state index in [4.69, 9.17) is 9.47 Å². The molecule has 0 radical (unpaired) electrons. The molecule has 0 saturated carbocycles. The van der Waals surface area contributed by atoms with Crippen LogP contribution in [0.25, 0.3) is 0 Å². The fourth-order valence-corrected chi connectivity index (χ4v) is 3.56. The van der Waals surface area contributed by atoms with Crippen LogP contribution in [0.1, 0.15) is 15.3 Å². The third-order valence-corrected chi connectivity index (χ3v) is 5.22. The molecular formula is C17H39N4O4P2Pd-. The van der Waals surface area contributed by atoms with E-state index in [0.717, 1.165) is 45.3 Å². The van der Waals surface area contributed by atoms with Crippen LogP contribution >= 0.6 is 18.5 Å². The van der Waals surface area contributed by atoms with Crippen molar-refractivity contribution in [2.75, 3.05) is 65.1 Å². The summed E-state index contributed by atoms with van der Waals surface area (Å²) >= 11 is 0. The molecule has 2 aliphatic rings. The number of carbonyl (C=O) groups is 2. The summed E-state index contributed by atoms with van der Waals surface area (Å²) in [6, 6.07) is -0.250. The Bertz CT molecular complexity index is 438. The van der Waals surface area contributed by atoms with Gasteiger partial charge in [0, 0.05) is 73.7 Å². The second-order valence-electron chi connectivity index (χ2n) is 5.99. The van der Waals surface area contributed by atoms with E-state index in [1.807, 2.05) is 13.8 Å². The summed E-state index contributed by atoms with van der Waals surface area (Å²) < 4.78 is 9.92.